The number of thiophene rings is 1. The van der Waals surface area contributed by atoms with E-state index in [2.05, 4.69) is 11.8 Å². The number of nitrogens with two attached hydrogens (primary N) is 1. The Hall–Kier alpha value is -2.65. The SMILES string of the molecule is CC#Cc1cc(-c2csc(C3(C(C)C)CC(=O)N(C)C(N)=N3)c2)ccc1F. The van der Waals surface area contributed by atoms with Gasteiger partial charge in [-0.2, -0.15) is 0 Å². The fourth-order valence-electron chi connectivity index (χ4n) is 3.21. The number of rotatable bonds is 3. The molecule has 6 heteroatoms. The molecule has 1 atom stereocenters. The van der Waals surface area contributed by atoms with Crippen molar-refractivity contribution in [2.24, 2.45) is 16.6 Å². The normalized spacial score (nSPS) is 19.7. The third-order valence-electron chi connectivity index (χ3n) is 4.99. The fraction of sp³-hybridized carbons (Fsp3) is 0.333. The number of carbonyl (C=O) groups is 1. The van der Waals surface area contributed by atoms with Gasteiger partial charge in [0.05, 0.1) is 12.0 Å². The van der Waals surface area contributed by atoms with Gasteiger partial charge in [-0.15, -0.1) is 17.3 Å². The first-order chi connectivity index (χ1) is 12.8. The lowest BCUT2D eigenvalue weighted by Gasteiger charge is -2.38. The van der Waals surface area contributed by atoms with Crippen LogP contribution in [0.5, 0.6) is 0 Å². The van der Waals surface area contributed by atoms with Gasteiger partial charge in [0.25, 0.3) is 0 Å². The summed E-state index contributed by atoms with van der Waals surface area (Å²) in [5, 5.41) is 2.00. The first-order valence-electron chi connectivity index (χ1n) is 8.72. The second-order valence-electron chi connectivity index (χ2n) is 6.95. The lowest BCUT2D eigenvalue weighted by molar-refractivity contribution is -0.129. The highest BCUT2D eigenvalue weighted by molar-refractivity contribution is 7.10. The molecule has 1 aromatic carbocycles. The molecule has 0 radical (unpaired) electrons. The zero-order valence-corrected chi connectivity index (χ0v) is 16.7. The van der Waals surface area contributed by atoms with E-state index in [1.54, 1.807) is 37.4 Å². The Morgan fingerprint density at radius 1 is 1.33 bits per heavy atom. The molecule has 0 fully saturated rings. The Balaban J connectivity index is 2.07. The monoisotopic (exact) mass is 383 g/mol. The quantitative estimate of drug-likeness (QED) is 0.816. The number of halogens is 1. The zero-order valence-electron chi connectivity index (χ0n) is 15.8. The minimum absolute atomic E-state index is 0.0477. The minimum atomic E-state index is -0.678. The van der Waals surface area contributed by atoms with Crippen LogP contribution in [-0.2, 0) is 10.3 Å². The lowest BCUT2D eigenvalue weighted by Crippen LogP contribution is -2.50. The molecule has 1 aliphatic heterocycles. The number of amides is 1. The Bertz CT molecular complexity index is 983. The van der Waals surface area contributed by atoms with E-state index in [1.807, 2.05) is 25.3 Å². The van der Waals surface area contributed by atoms with Crippen molar-refractivity contribution in [2.45, 2.75) is 32.7 Å². The van der Waals surface area contributed by atoms with Crippen LogP contribution in [0, 0.1) is 23.6 Å². The second-order valence-corrected chi connectivity index (χ2v) is 7.86. The molecule has 0 bridgehead atoms. The van der Waals surface area contributed by atoms with Gasteiger partial charge >= 0.3 is 0 Å². The van der Waals surface area contributed by atoms with Crippen molar-refractivity contribution in [2.75, 3.05) is 7.05 Å². The molecule has 1 unspecified atom stereocenters. The van der Waals surface area contributed by atoms with Crippen molar-refractivity contribution in [3.8, 4) is 23.0 Å². The predicted molar refractivity (Wildman–Crippen MR) is 108 cm³/mol. The Kier molecular flexibility index (Phi) is 5.07. The second kappa shape index (κ2) is 7.16. The number of guanidine groups is 1. The maximum atomic E-state index is 13.9. The summed E-state index contributed by atoms with van der Waals surface area (Å²) < 4.78 is 13.9. The maximum absolute atomic E-state index is 13.9. The summed E-state index contributed by atoms with van der Waals surface area (Å²) in [6.45, 7) is 5.77. The van der Waals surface area contributed by atoms with Crippen LogP contribution in [0.25, 0.3) is 11.1 Å². The third-order valence-corrected chi connectivity index (χ3v) is 6.09. The molecule has 2 heterocycles. The molecule has 2 aromatic rings. The minimum Gasteiger partial charge on any atom is -0.369 e. The molecule has 0 saturated carbocycles. The standard InChI is InChI=1S/C21H22FN3OS/c1-5-6-15-9-14(7-8-17(15)22)16-10-18(27-12-16)21(13(2)3)11-19(26)25(4)20(23)24-21/h7-10,12-13H,11H2,1-4H3,(H2,23,24). The molecule has 140 valence electrons. The van der Waals surface area contributed by atoms with Crippen molar-refractivity contribution in [1.29, 1.82) is 0 Å². The molecule has 0 saturated heterocycles. The van der Waals surface area contributed by atoms with Crippen molar-refractivity contribution in [1.82, 2.24) is 4.90 Å². The van der Waals surface area contributed by atoms with Crippen LogP contribution < -0.4 is 5.73 Å². The van der Waals surface area contributed by atoms with Gasteiger partial charge in [-0.05, 0) is 47.5 Å². The summed E-state index contributed by atoms with van der Waals surface area (Å²) in [6, 6.07) is 6.94. The van der Waals surface area contributed by atoms with Gasteiger partial charge in [0.1, 0.15) is 11.4 Å². The van der Waals surface area contributed by atoms with E-state index in [-0.39, 0.29) is 30.0 Å². The molecule has 2 N–H and O–H groups in total. The Morgan fingerprint density at radius 3 is 2.70 bits per heavy atom. The smallest absolute Gasteiger partial charge is 0.231 e. The summed E-state index contributed by atoms with van der Waals surface area (Å²) in [5.74, 6) is 5.47. The van der Waals surface area contributed by atoms with Gasteiger partial charge in [0, 0.05) is 11.9 Å². The first-order valence-corrected chi connectivity index (χ1v) is 9.60. The summed E-state index contributed by atoms with van der Waals surface area (Å²) >= 11 is 1.54. The van der Waals surface area contributed by atoms with Gasteiger partial charge in [-0.1, -0.05) is 25.8 Å². The zero-order chi connectivity index (χ0) is 19.8. The Labute approximate surface area is 162 Å². The molecule has 27 heavy (non-hydrogen) atoms. The third kappa shape index (κ3) is 3.35. The van der Waals surface area contributed by atoms with Crippen LogP contribution in [0.15, 0.2) is 34.6 Å². The largest absolute Gasteiger partial charge is 0.369 e. The number of benzene rings is 1. The average Bonchev–Trinajstić information content (AvgIpc) is 3.11. The molecule has 3 rings (SSSR count). The predicted octanol–water partition coefficient (Wildman–Crippen LogP) is 3.95. The number of hydrogen-bond donors (Lipinski definition) is 1. The molecular formula is C21H22FN3OS. The van der Waals surface area contributed by atoms with Crippen LogP contribution in [0.3, 0.4) is 0 Å². The highest BCUT2D eigenvalue weighted by atomic mass is 32.1. The summed E-state index contributed by atoms with van der Waals surface area (Å²) in [6.07, 6.45) is 0.276. The lowest BCUT2D eigenvalue weighted by atomic mass is 9.80. The van der Waals surface area contributed by atoms with E-state index in [1.165, 1.54) is 11.0 Å². The average molecular weight is 383 g/mol. The van der Waals surface area contributed by atoms with Gasteiger partial charge in [-0.25, -0.2) is 9.38 Å². The first kappa shape index (κ1) is 19.1. The van der Waals surface area contributed by atoms with Crippen LogP contribution >= 0.6 is 11.3 Å². The number of hydrogen-bond acceptors (Lipinski definition) is 4. The molecule has 4 nitrogen and oxygen atoms in total. The van der Waals surface area contributed by atoms with E-state index in [0.29, 0.717) is 5.56 Å². The molecule has 1 aromatic heterocycles. The van der Waals surface area contributed by atoms with Gasteiger partial charge < -0.3 is 5.73 Å². The number of nitrogens with zero attached hydrogens (tertiary/aromatic N) is 2. The van der Waals surface area contributed by atoms with Gasteiger partial charge in [0.2, 0.25) is 5.91 Å². The molecule has 0 aliphatic carbocycles. The summed E-state index contributed by atoms with van der Waals surface area (Å²) in [7, 11) is 1.64. The molecule has 0 spiro atoms. The summed E-state index contributed by atoms with van der Waals surface area (Å²) in [4.78, 5) is 19.5. The van der Waals surface area contributed by atoms with Crippen molar-refractivity contribution in [3.05, 3.63) is 45.9 Å². The fourth-order valence-corrected chi connectivity index (χ4v) is 4.42. The molecular weight excluding hydrogens is 361 g/mol. The van der Waals surface area contributed by atoms with Crippen LogP contribution in [-0.4, -0.2) is 23.8 Å². The van der Waals surface area contributed by atoms with E-state index in [0.717, 1.165) is 16.0 Å². The van der Waals surface area contributed by atoms with E-state index in [9.17, 15) is 9.18 Å². The molecule has 1 amide bonds. The number of aliphatic imine (C=N–C) groups is 1. The van der Waals surface area contributed by atoms with E-state index < -0.39 is 5.54 Å². The van der Waals surface area contributed by atoms with Gasteiger partial charge in [-0.3, -0.25) is 9.69 Å². The van der Waals surface area contributed by atoms with Crippen molar-refractivity contribution in [3.63, 3.8) is 0 Å². The summed E-state index contributed by atoms with van der Waals surface area (Å²) in [5.41, 5.74) is 7.54. The van der Waals surface area contributed by atoms with E-state index in [4.69, 9.17) is 10.7 Å². The van der Waals surface area contributed by atoms with Crippen LogP contribution in [0.2, 0.25) is 0 Å². The number of carbonyl (C=O) groups excluding carboxylic acids is 1. The van der Waals surface area contributed by atoms with E-state index >= 15 is 0 Å². The maximum Gasteiger partial charge on any atom is 0.231 e. The topological polar surface area (TPSA) is 58.7 Å². The highest BCUT2D eigenvalue weighted by Crippen LogP contribution is 2.44. The van der Waals surface area contributed by atoms with Crippen LogP contribution in [0.4, 0.5) is 4.39 Å². The highest BCUT2D eigenvalue weighted by Gasteiger charge is 2.43. The Morgan fingerprint density at radius 2 is 2.07 bits per heavy atom. The van der Waals surface area contributed by atoms with Gasteiger partial charge in [0.15, 0.2) is 5.96 Å². The van der Waals surface area contributed by atoms with Crippen molar-refractivity contribution >= 4 is 23.2 Å². The van der Waals surface area contributed by atoms with Crippen LogP contribution in [0.1, 0.15) is 37.6 Å². The van der Waals surface area contributed by atoms with Crippen molar-refractivity contribution < 1.29 is 9.18 Å². The molecule has 1 aliphatic rings.